The molecule has 0 aliphatic carbocycles. The number of phenolic OH excluding ortho intramolecular Hbond substituents is 2. The second-order valence-electron chi connectivity index (χ2n) is 8.06. The van der Waals surface area contributed by atoms with E-state index in [1.54, 1.807) is 24.3 Å². The molecule has 0 unspecified atom stereocenters. The Balaban J connectivity index is 1.72. The zero-order valence-electron chi connectivity index (χ0n) is 17.6. The first-order chi connectivity index (χ1) is 13.7. The molecule has 0 saturated carbocycles. The lowest BCUT2D eigenvalue weighted by atomic mass is 9.86. The van der Waals surface area contributed by atoms with Crippen LogP contribution in [0, 0.1) is 0 Å². The predicted molar refractivity (Wildman–Crippen MR) is 119 cm³/mol. The molecule has 0 heterocycles. The molecule has 0 aromatic heterocycles. The Morgan fingerprint density at radius 3 is 1.29 bits per heavy atom. The number of phenols is 2. The minimum Gasteiger partial charge on any atom is -0.508 e. The molecule has 154 valence electrons. The van der Waals surface area contributed by atoms with Crippen LogP contribution in [0.1, 0.15) is 101 Å². The van der Waals surface area contributed by atoms with Crippen LogP contribution in [0.2, 0.25) is 0 Å². The molecule has 0 saturated heterocycles. The van der Waals surface area contributed by atoms with Crippen molar-refractivity contribution in [3.05, 3.63) is 59.7 Å². The van der Waals surface area contributed by atoms with Crippen LogP contribution in [0.3, 0.4) is 0 Å². The van der Waals surface area contributed by atoms with E-state index >= 15 is 0 Å². The number of unbranched alkanes of at least 4 members (excludes halogenated alkanes) is 10. The second kappa shape index (κ2) is 13.3. The summed E-state index contributed by atoms with van der Waals surface area (Å²) in [6.45, 7) is 2.27. The number of hydrogen-bond acceptors (Lipinski definition) is 2. The Morgan fingerprint density at radius 2 is 0.893 bits per heavy atom. The first-order valence-corrected chi connectivity index (χ1v) is 11.3. The molecule has 2 nitrogen and oxygen atoms in total. The summed E-state index contributed by atoms with van der Waals surface area (Å²) in [5.41, 5.74) is 2.46. The van der Waals surface area contributed by atoms with Crippen molar-refractivity contribution in [1.29, 1.82) is 0 Å². The lowest BCUT2D eigenvalue weighted by Crippen LogP contribution is -2.01. The molecule has 0 spiro atoms. The molecule has 0 atom stereocenters. The smallest absolute Gasteiger partial charge is 0.115 e. The van der Waals surface area contributed by atoms with Crippen LogP contribution < -0.4 is 0 Å². The van der Waals surface area contributed by atoms with Gasteiger partial charge in [0.15, 0.2) is 0 Å². The summed E-state index contributed by atoms with van der Waals surface area (Å²) >= 11 is 0. The van der Waals surface area contributed by atoms with Crippen molar-refractivity contribution in [2.75, 3.05) is 0 Å². The predicted octanol–water partition coefficient (Wildman–Crippen LogP) is 7.93. The molecule has 0 aliphatic heterocycles. The zero-order chi connectivity index (χ0) is 20.0. The van der Waals surface area contributed by atoms with Crippen molar-refractivity contribution >= 4 is 0 Å². The molecule has 2 aromatic rings. The highest BCUT2D eigenvalue weighted by molar-refractivity contribution is 5.37. The second-order valence-corrected chi connectivity index (χ2v) is 8.06. The molecule has 2 heteroatoms. The number of benzene rings is 2. The van der Waals surface area contributed by atoms with Crippen molar-refractivity contribution in [3.63, 3.8) is 0 Å². The zero-order valence-corrected chi connectivity index (χ0v) is 17.6. The van der Waals surface area contributed by atoms with E-state index in [9.17, 15) is 10.2 Å². The van der Waals surface area contributed by atoms with E-state index in [2.05, 4.69) is 6.92 Å². The van der Waals surface area contributed by atoms with E-state index in [1.165, 1.54) is 81.8 Å². The van der Waals surface area contributed by atoms with Crippen molar-refractivity contribution < 1.29 is 10.2 Å². The van der Waals surface area contributed by atoms with Gasteiger partial charge in [-0.15, -0.1) is 0 Å². The highest BCUT2D eigenvalue weighted by Gasteiger charge is 2.14. The Morgan fingerprint density at radius 1 is 0.536 bits per heavy atom. The van der Waals surface area contributed by atoms with E-state index in [-0.39, 0.29) is 0 Å². The fraction of sp³-hybridized carbons (Fsp3) is 0.538. The van der Waals surface area contributed by atoms with Gasteiger partial charge < -0.3 is 10.2 Å². The van der Waals surface area contributed by atoms with Crippen LogP contribution in [0.15, 0.2) is 48.5 Å². The van der Waals surface area contributed by atoms with E-state index in [1.807, 2.05) is 24.3 Å². The summed E-state index contributed by atoms with van der Waals surface area (Å²) in [6, 6.07) is 15.1. The number of rotatable bonds is 14. The monoisotopic (exact) mass is 382 g/mol. The van der Waals surface area contributed by atoms with E-state index < -0.39 is 0 Å². The van der Waals surface area contributed by atoms with Gasteiger partial charge in [0.25, 0.3) is 0 Å². The highest BCUT2D eigenvalue weighted by atomic mass is 16.3. The maximum atomic E-state index is 9.59. The molecule has 0 radical (unpaired) electrons. The average molecular weight is 383 g/mol. The number of aromatic hydroxyl groups is 2. The Labute approximate surface area is 171 Å². The van der Waals surface area contributed by atoms with Crippen molar-refractivity contribution in [2.24, 2.45) is 0 Å². The van der Waals surface area contributed by atoms with Crippen LogP contribution in [-0.4, -0.2) is 10.2 Å². The third kappa shape index (κ3) is 8.37. The van der Waals surface area contributed by atoms with Gasteiger partial charge in [-0.1, -0.05) is 102 Å². The van der Waals surface area contributed by atoms with Gasteiger partial charge in [0.1, 0.15) is 11.5 Å². The molecule has 2 N–H and O–H groups in total. The fourth-order valence-electron chi connectivity index (χ4n) is 3.95. The lowest BCUT2D eigenvalue weighted by molar-refractivity contribution is 0.474. The largest absolute Gasteiger partial charge is 0.508 e. The SMILES string of the molecule is CCCCCCCCCCCCCC(c1ccc(O)cc1)c1ccc(O)cc1. The van der Waals surface area contributed by atoms with E-state index in [0.29, 0.717) is 17.4 Å². The molecular weight excluding hydrogens is 344 g/mol. The Bertz CT molecular complexity index is 585. The van der Waals surface area contributed by atoms with Gasteiger partial charge in [-0.3, -0.25) is 0 Å². The highest BCUT2D eigenvalue weighted by Crippen LogP contribution is 2.32. The molecule has 2 aromatic carbocycles. The molecule has 0 fully saturated rings. The summed E-state index contributed by atoms with van der Waals surface area (Å²) in [4.78, 5) is 0. The summed E-state index contributed by atoms with van der Waals surface area (Å²) in [7, 11) is 0. The third-order valence-corrected chi connectivity index (χ3v) is 5.69. The minimum absolute atomic E-state index is 0.308. The van der Waals surface area contributed by atoms with Gasteiger partial charge in [0.2, 0.25) is 0 Å². The normalized spacial score (nSPS) is 11.2. The fourth-order valence-corrected chi connectivity index (χ4v) is 3.95. The summed E-state index contributed by atoms with van der Waals surface area (Å²) < 4.78 is 0. The van der Waals surface area contributed by atoms with Crippen LogP contribution in [0.5, 0.6) is 11.5 Å². The Hall–Kier alpha value is -1.96. The standard InChI is InChI=1S/C26H38O2/c1-2-3-4-5-6-7-8-9-10-11-12-13-26(22-14-18-24(27)19-15-22)23-16-20-25(28)21-17-23/h14-21,26-28H,2-13H2,1H3. The van der Waals surface area contributed by atoms with Gasteiger partial charge in [0.05, 0.1) is 0 Å². The van der Waals surface area contributed by atoms with Crippen LogP contribution in [-0.2, 0) is 0 Å². The van der Waals surface area contributed by atoms with Crippen LogP contribution >= 0.6 is 0 Å². The summed E-state index contributed by atoms with van der Waals surface area (Å²) in [5, 5.41) is 19.2. The van der Waals surface area contributed by atoms with Crippen LogP contribution in [0.4, 0.5) is 0 Å². The van der Waals surface area contributed by atoms with Gasteiger partial charge in [-0.2, -0.15) is 0 Å². The van der Waals surface area contributed by atoms with Gasteiger partial charge in [-0.25, -0.2) is 0 Å². The van der Waals surface area contributed by atoms with E-state index in [4.69, 9.17) is 0 Å². The molecule has 0 bridgehead atoms. The molecule has 0 aliphatic rings. The van der Waals surface area contributed by atoms with Gasteiger partial charge in [0, 0.05) is 5.92 Å². The average Bonchev–Trinajstić information content (AvgIpc) is 2.71. The quantitative estimate of drug-likeness (QED) is 0.326. The molecular formula is C26H38O2. The first kappa shape index (κ1) is 22.3. The maximum Gasteiger partial charge on any atom is 0.115 e. The Kier molecular flexibility index (Phi) is 10.6. The minimum atomic E-state index is 0.308. The van der Waals surface area contributed by atoms with Crippen LogP contribution in [0.25, 0.3) is 0 Å². The lowest BCUT2D eigenvalue weighted by Gasteiger charge is -2.18. The van der Waals surface area contributed by atoms with Gasteiger partial charge >= 0.3 is 0 Å². The van der Waals surface area contributed by atoms with Crippen molar-refractivity contribution in [2.45, 2.75) is 89.9 Å². The maximum absolute atomic E-state index is 9.59. The van der Waals surface area contributed by atoms with E-state index in [0.717, 1.165) is 6.42 Å². The van der Waals surface area contributed by atoms with Crippen molar-refractivity contribution in [3.8, 4) is 11.5 Å². The molecule has 2 rings (SSSR count). The molecule has 0 amide bonds. The summed E-state index contributed by atoms with van der Waals surface area (Å²) in [6.07, 6.45) is 16.0. The first-order valence-electron chi connectivity index (χ1n) is 11.3. The number of hydrogen-bond donors (Lipinski definition) is 2. The van der Waals surface area contributed by atoms with Gasteiger partial charge in [-0.05, 0) is 41.8 Å². The summed E-state index contributed by atoms with van der Waals surface area (Å²) in [5.74, 6) is 0.936. The van der Waals surface area contributed by atoms with Crippen molar-refractivity contribution in [1.82, 2.24) is 0 Å². The third-order valence-electron chi connectivity index (χ3n) is 5.69. The molecule has 28 heavy (non-hydrogen) atoms. The topological polar surface area (TPSA) is 40.5 Å².